The molecule has 0 bridgehead atoms. The highest BCUT2D eigenvalue weighted by atomic mass is 32.2. The van der Waals surface area contributed by atoms with Crippen LogP contribution in [-0.4, -0.2) is 42.8 Å². The van der Waals surface area contributed by atoms with Crippen LogP contribution in [0.1, 0.15) is 25.3 Å². The van der Waals surface area contributed by atoms with Crippen molar-refractivity contribution in [2.75, 3.05) is 25.5 Å². The largest absolute Gasteiger partial charge is 0.481 e. The van der Waals surface area contributed by atoms with E-state index in [1.165, 1.54) is 23.5 Å². The number of nitro benzene ring substituents is 1. The Morgan fingerprint density at radius 2 is 2.00 bits per heavy atom. The van der Waals surface area contributed by atoms with E-state index in [1.807, 2.05) is 0 Å². The molecule has 1 aromatic heterocycles. The fourth-order valence-electron chi connectivity index (χ4n) is 3.22. The lowest BCUT2D eigenvalue weighted by atomic mass is 10.0. The summed E-state index contributed by atoms with van der Waals surface area (Å²) in [6.45, 7) is 3.26. The molecule has 0 radical (unpaired) electrons. The molecule has 1 saturated heterocycles. The Balaban J connectivity index is 1.82. The van der Waals surface area contributed by atoms with Crippen molar-refractivity contribution in [1.29, 1.82) is 0 Å². The average molecular weight is 420 g/mol. The van der Waals surface area contributed by atoms with Gasteiger partial charge < -0.3 is 10.1 Å². The molecule has 1 fully saturated rings. The molecule has 1 aliphatic rings. The van der Waals surface area contributed by atoms with Crippen LogP contribution in [0, 0.1) is 16.0 Å². The van der Waals surface area contributed by atoms with Crippen LogP contribution in [0.2, 0.25) is 0 Å². The lowest BCUT2D eigenvalue weighted by Gasteiger charge is -2.29. The highest BCUT2D eigenvalue weighted by molar-refractivity contribution is 7.89. The number of hydrogen-bond donors (Lipinski definition) is 1. The van der Waals surface area contributed by atoms with Crippen LogP contribution in [0.4, 0.5) is 11.4 Å². The van der Waals surface area contributed by atoms with E-state index in [1.54, 1.807) is 18.3 Å². The summed E-state index contributed by atoms with van der Waals surface area (Å²) in [6, 6.07) is 7.46. The zero-order valence-corrected chi connectivity index (χ0v) is 17.2. The van der Waals surface area contributed by atoms with E-state index in [0.717, 1.165) is 24.5 Å². The number of benzene rings is 1. The van der Waals surface area contributed by atoms with Gasteiger partial charge in [-0.2, -0.15) is 4.31 Å². The Labute approximate surface area is 169 Å². The van der Waals surface area contributed by atoms with E-state index < -0.39 is 14.9 Å². The van der Waals surface area contributed by atoms with Gasteiger partial charge in [0.2, 0.25) is 15.9 Å². The minimum atomic E-state index is -3.76. The van der Waals surface area contributed by atoms with E-state index >= 15 is 0 Å². The number of rotatable bonds is 7. The van der Waals surface area contributed by atoms with Gasteiger partial charge in [0.1, 0.15) is 5.69 Å². The molecule has 0 unspecified atom stereocenters. The van der Waals surface area contributed by atoms with Crippen molar-refractivity contribution in [3.63, 3.8) is 0 Å². The number of pyridine rings is 1. The highest BCUT2D eigenvalue weighted by Crippen LogP contribution is 2.31. The first kappa shape index (κ1) is 21.0. The fourth-order valence-corrected chi connectivity index (χ4v) is 4.71. The summed E-state index contributed by atoms with van der Waals surface area (Å²) in [5.41, 5.74) is 0.791. The summed E-state index contributed by atoms with van der Waals surface area (Å²) in [6.07, 6.45) is 3.16. The lowest BCUT2D eigenvalue weighted by molar-refractivity contribution is -0.384. The van der Waals surface area contributed by atoms with Crippen LogP contribution in [0.25, 0.3) is 0 Å². The van der Waals surface area contributed by atoms with Crippen LogP contribution >= 0.6 is 0 Å². The summed E-state index contributed by atoms with van der Waals surface area (Å²) < 4.78 is 32.3. The second-order valence-corrected chi connectivity index (χ2v) is 9.02. The number of nitrogens with zero attached hydrogens (tertiary/aromatic N) is 3. The first-order valence-corrected chi connectivity index (χ1v) is 10.8. The number of methoxy groups -OCH3 is 1. The standard InChI is InChI=1S/C19H24N4O5S/c1-14-6-9-22(10-7-14)29(26,27)16-3-4-17(18(12-16)23(24)25)21-13-15-5-8-20-19(11-15)28-2/h3-5,8,11-12,14,21H,6-7,9-10,13H2,1-2H3. The minimum absolute atomic E-state index is 0.0603. The molecule has 10 heteroatoms. The van der Waals surface area contributed by atoms with E-state index in [-0.39, 0.29) is 16.3 Å². The number of ether oxygens (including phenoxy) is 1. The molecule has 1 aliphatic heterocycles. The van der Waals surface area contributed by atoms with E-state index in [4.69, 9.17) is 4.74 Å². The number of hydrogen-bond acceptors (Lipinski definition) is 7. The molecule has 0 spiro atoms. The van der Waals surface area contributed by atoms with E-state index in [9.17, 15) is 18.5 Å². The number of sulfonamides is 1. The maximum atomic E-state index is 12.9. The Kier molecular flexibility index (Phi) is 6.33. The molecular formula is C19H24N4O5S. The first-order chi connectivity index (χ1) is 13.8. The van der Waals surface area contributed by atoms with Crippen molar-refractivity contribution in [2.24, 2.45) is 5.92 Å². The molecule has 1 N–H and O–H groups in total. The van der Waals surface area contributed by atoms with Crippen molar-refractivity contribution in [3.05, 3.63) is 52.2 Å². The number of piperidine rings is 1. The third kappa shape index (κ3) is 4.83. The van der Waals surface area contributed by atoms with Crippen LogP contribution in [0.15, 0.2) is 41.4 Å². The van der Waals surface area contributed by atoms with Gasteiger partial charge in [0.25, 0.3) is 5.69 Å². The molecule has 0 aliphatic carbocycles. The fraction of sp³-hybridized carbons (Fsp3) is 0.421. The van der Waals surface area contributed by atoms with Gasteiger partial charge in [0, 0.05) is 38.0 Å². The summed E-state index contributed by atoms with van der Waals surface area (Å²) in [5, 5.41) is 14.6. The predicted octanol–water partition coefficient (Wildman–Crippen LogP) is 3.03. The maximum Gasteiger partial charge on any atom is 0.293 e. The molecule has 1 aromatic carbocycles. The summed E-state index contributed by atoms with van der Waals surface area (Å²) >= 11 is 0. The van der Waals surface area contributed by atoms with Gasteiger partial charge in [-0.05, 0) is 42.5 Å². The van der Waals surface area contributed by atoms with Gasteiger partial charge in [0.05, 0.1) is 16.9 Å². The van der Waals surface area contributed by atoms with Gasteiger partial charge in [-0.3, -0.25) is 10.1 Å². The Hall–Kier alpha value is -2.72. The lowest BCUT2D eigenvalue weighted by Crippen LogP contribution is -2.37. The van der Waals surface area contributed by atoms with Gasteiger partial charge in [-0.15, -0.1) is 0 Å². The highest BCUT2D eigenvalue weighted by Gasteiger charge is 2.30. The summed E-state index contributed by atoms with van der Waals surface area (Å²) in [5.74, 6) is 0.922. The Bertz CT molecular complexity index is 988. The van der Waals surface area contributed by atoms with Crippen molar-refractivity contribution >= 4 is 21.4 Å². The third-order valence-electron chi connectivity index (χ3n) is 5.04. The predicted molar refractivity (Wildman–Crippen MR) is 108 cm³/mol. The topological polar surface area (TPSA) is 115 Å². The number of aromatic nitrogens is 1. The van der Waals surface area contributed by atoms with Gasteiger partial charge in [0.15, 0.2) is 0 Å². The smallest absolute Gasteiger partial charge is 0.293 e. The summed E-state index contributed by atoms with van der Waals surface area (Å²) in [4.78, 5) is 14.9. The van der Waals surface area contributed by atoms with E-state index in [0.29, 0.717) is 31.4 Å². The molecule has 3 rings (SSSR count). The molecule has 0 amide bonds. The average Bonchev–Trinajstić information content (AvgIpc) is 2.72. The van der Waals surface area contributed by atoms with Crippen molar-refractivity contribution < 1.29 is 18.1 Å². The molecule has 2 aromatic rings. The number of nitrogens with one attached hydrogen (secondary N) is 1. The first-order valence-electron chi connectivity index (χ1n) is 9.32. The SMILES string of the molecule is COc1cc(CNc2ccc(S(=O)(=O)N3CCC(C)CC3)cc2[N+](=O)[O-])ccn1. The molecule has 0 atom stereocenters. The second kappa shape index (κ2) is 8.75. The monoisotopic (exact) mass is 420 g/mol. The Morgan fingerprint density at radius 3 is 2.66 bits per heavy atom. The normalized spacial score (nSPS) is 15.8. The minimum Gasteiger partial charge on any atom is -0.481 e. The van der Waals surface area contributed by atoms with Gasteiger partial charge in [-0.1, -0.05) is 6.92 Å². The zero-order chi connectivity index (χ0) is 21.0. The third-order valence-corrected chi connectivity index (χ3v) is 6.93. The quantitative estimate of drug-likeness (QED) is 0.541. The van der Waals surface area contributed by atoms with Crippen LogP contribution in [0.3, 0.4) is 0 Å². The van der Waals surface area contributed by atoms with Crippen LogP contribution < -0.4 is 10.1 Å². The molecule has 9 nitrogen and oxygen atoms in total. The van der Waals surface area contributed by atoms with E-state index in [2.05, 4.69) is 17.2 Å². The maximum absolute atomic E-state index is 12.9. The second-order valence-electron chi connectivity index (χ2n) is 7.08. The number of nitro groups is 1. The van der Waals surface area contributed by atoms with Gasteiger partial charge >= 0.3 is 0 Å². The van der Waals surface area contributed by atoms with Gasteiger partial charge in [-0.25, -0.2) is 13.4 Å². The number of anilines is 1. The zero-order valence-electron chi connectivity index (χ0n) is 16.4. The summed E-state index contributed by atoms with van der Waals surface area (Å²) in [7, 11) is -2.25. The van der Waals surface area contributed by atoms with Crippen LogP contribution in [0.5, 0.6) is 5.88 Å². The molecule has 2 heterocycles. The van der Waals surface area contributed by atoms with Crippen molar-refractivity contribution in [3.8, 4) is 5.88 Å². The van der Waals surface area contributed by atoms with Crippen molar-refractivity contribution in [1.82, 2.24) is 9.29 Å². The molecule has 29 heavy (non-hydrogen) atoms. The van der Waals surface area contributed by atoms with Crippen molar-refractivity contribution in [2.45, 2.75) is 31.2 Å². The Morgan fingerprint density at radius 1 is 1.28 bits per heavy atom. The molecule has 156 valence electrons. The molecule has 0 saturated carbocycles. The van der Waals surface area contributed by atoms with Crippen LogP contribution in [-0.2, 0) is 16.6 Å². The molecular weight excluding hydrogens is 396 g/mol.